The lowest BCUT2D eigenvalue weighted by atomic mass is 9.68. The van der Waals surface area contributed by atoms with Gasteiger partial charge in [0.2, 0.25) is 0 Å². The van der Waals surface area contributed by atoms with E-state index in [-0.39, 0.29) is 12.6 Å². The van der Waals surface area contributed by atoms with Crippen LogP contribution in [0.1, 0.15) is 56.3 Å². The molecule has 1 aliphatic rings. The standard InChI is InChI=1S/C34H40N2O2/c1-5-16-27-17-13-14-22-30(27)38-33(4,34(23-6-2)24-15-25-36-34)32(3,37)26-35-31(28-18-9-7-10-19-28)29-20-11-8-12-21-29/h5,7-15,17-22,24-25,31,35,37H,1,6,16,23,26H2,2-4H3. The molecule has 0 aromatic heterocycles. The van der Waals surface area contributed by atoms with Gasteiger partial charge in [0.25, 0.3) is 0 Å². The summed E-state index contributed by atoms with van der Waals surface area (Å²) in [5.41, 5.74) is 0.190. The smallest absolute Gasteiger partial charge is 0.164 e. The van der Waals surface area contributed by atoms with Crippen molar-refractivity contribution in [2.75, 3.05) is 6.54 Å². The zero-order valence-electron chi connectivity index (χ0n) is 22.8. The molecule has 4 nitrogen and oxygen atoms in total. The summed E-state index contributed by atoms with van der Waals surface area (Å²) < 4.78 is 6.93. The molecular weight excluding hydrogens is 468 g/mol. The minimum Gasteiger partial charge on any atom is -0.481 e. The van der Waals surface area contributed by atoms with Crippen molar-refractivity contribution < 1.29 is 9.84 Å². The number of ether oxygens (including phenoxy) is 1. The second-order valence-corrected chi connectivity index (χ2v) is 10.5. The molecular formula is C34H40N2O2. The van der Waals surface area contributed by atoms with Crippen molar-refractivity contribution in [2.45, 2.75) is 62.8 Å². The zero-order chi connectivity index (χ0) is 27.1. The SMILES string of the molecule is C=CCc1ccccc1OC(C)(C(C)(O)CNC(c1ccccc1)c1ccccc1)C1(CCC)C=CC=N1. The minimum atomic E-state index is -1.31. The number of aliphatic hydroxyl groups is 1. The predicted octanol–water partition coefficient (Wildman–Crippen LogP) is 6.86. The Morgan fingerprint density at radius 3 is 2.13 bits per heavy atom. The van der Waals surface area contributed by atoms with Gasteiger partial charge >= 0.3 is 0 Å². The molecule has 4 heteroatoms. The Morgan fingerprint density at radius 2 is 1.58 bits per heavy atom. The van der Waals surface area contributed by atoms with E-state index in [2.05, 4.69) is 49.2 Å². The summed E-state index contributed by atoms with van der Waals surface area (Å²) in [5.74, 6) is 0.740. The molecule has 0 bridgehead atoms. The third-order valence-electron chi connectivity index (χ3n) is 7.82. The second-order valence-electron chi connectivity index (χ2n) is 10.5. The van der Waals surface area contributed by atoms with Crippen molar-refractivity contribution in [3.63, 3.8) is 0 Å². The van der Waals surface area contributed by atoms with Crippen LogP contribution in [-0.4, -0.2) is 34.6 Å². The van der Waals surface area contributed by atoms with E-state index in [1.54, 1.807) is 0 Å². The van der Waals surface area contributed by atoms with Gasteiger partial charge in [-0.3, -0.25) is 4.99 Å². The number of aliphatic imine (C=N–C) groups is 1. The first-order valence-electron chi connectivity index (χ1n) is 13.5. The Labute approximate surface area is 227 Å². The molecule has 198 valence electrons. The molecule has 1 heterocycles. The zero-order valence-corrected chi connectivity index (χ0v) is 22.8. The Balaban J connectivity index is 1.74. The quantitative estimate of drug-likeness (QED) is 0.248. The first-order chi connectivity index (χ1) is 18.4. The van der Waals surface area contributed by atoms with Gasteiger partial charge in [0.15, 0.2) is 5.60 Å². The molecule has 0 amide bonds. The summed E-state index contributed by atoms with van der Waals surface area (Å²) >= 11 is 0. The molecule has 0 aliphatic carbocycles. The van der Waals surface area contributed by atoms with Crippen molar-refractivity contribution >= 4 is 6.21 Å². The van der Waals surface area contributed by atoms with Crippen LogP contribution < -0.4 is 10.1 Å². The average Bonchev–Trinajstić information content (AvgIpc) is 3.41. The molecule has 0 radical (unpaired) electrons. The van der Waals surface area contributed by atoms with Gasteiger partial charge in [-0.1, -0.05) is 104 Å². The number of allylic oxidation sites excluding steroid dienone is 2. The highest BCUT2D eigenvalue weighted by Crippen LogP contribution is 2.45. The predicted molar refractivity (Wildman–Crippen MR) is 158 cm³/mol. The molecule has 3 atom stereocenters. The van der Waals surface area contributed by atoms with Crippen LogP contribution in [0.15, 0.2) is 115 Å². The van der Waals surface area contributed by atoms with Gasteiger partial charge in [-0.25, -0.2) is 0 Å². The maximum atomic E-state index is 12.4. The summed E-state index contributed by atoms with van der Waals surface area (Å²) in [7, 11) is 0. The van der Waals surface area contributed by atoms with Crippen LogP contribution in [0.3, 0.4) is 0 Å². The number of benzene rings is 3. The normalized spacial score (nSPS) is 19.7. The summed E-state index contributed by atoms with van der Waals surface area (Å²) in [6, 6.07) is 28.6. The monoisotopic (exact) mass is 508 g/mol. The number of para-hydroxylation sites is 1. The highest BCUT2D eigenvalue weighted by molar-refractivity contribution is 5.76. The van der Waals surface area contributed by atoms with Gasteiger partial charge in [0, 0.05) is 12.8 Å². The van der Waals surface area contributed by atoms with Crippen LogP contribution in [0.4, 0.5) is 0 Å². The summed E-state index contributed by atoms with van der Waals surface area (Å²) in [5, 5.41) is 16.1. The molecule has 3 aromatic rings. The van der Waals surface area contributed by atoms with E-state index >= 15 is 0 Å². The number of nitrogens with one attached hydrogen (secondary N) is 1. The highest BCUT2D eigenvalue weighted by Gasteiger charge is 2.59. The molecule has 0 fully saturated rings. The fraction of sp³-hybridized carbons (Fsp3) is 0.324. The molecule has 2 N–H and O–H groups in total. The van der Waals surface area contributed by atoms with Crippen molar-refractivity contribution in [1.29, 1.82) is 0 Å². The molecule has 3 aromatic carbocycles. The first kappa shape index (κ1) is 27.6. The highest BCUT2D eigenvalue weighted by atomic mass is 16.5. The van der Waals surface area contributed by atoms with Crippen LogP contribution in [-0.2, 0) is 6.42 Å². The van der Waals surface area contributed by atoms with E-state index in [4.69, 9.17) is 9.73 Å². The van der Waals surface area contributed by atoms with E-state index in [1.807, 2.05) is 92.9 Å². The van der Waals surface area contributed by atoms with Crippen molar-refractivity contribution in [3.05, 3.63) is 126 Å². The lowest BCUT2D eigenvalue weighted by Crippen LogP contribution is -2.69. The van der Waals surface area contributed by atoms with Crippen LogP contribution >= 0.6 is 0 Å². The van der Waals surface area contributed by atoms with Gasteiger partial charge in [-0.2, -0.15) is 0 Å². The van der Waals surface area contributed by atoms with E-state index < -0.39 is 16.7 Å². The van der Waals surface area contributed by atoms with Gasteiger partial charge in [0.05, 0.1) is 6.04 Å². The van der Waals surface area contributed by atoms with Gasteiger partial charge in [-0.05, 0) is 55.5 Å². The van der Waals surface area contributed by atoms with Gasteiger partial charge < -0.3 is 15.2 Å². The third kappa shape index (κ3) is 5.52. The fourth-order valence-electron chi connectivity index (χ4n) is 5.47. The largest absolute Gasteiger partial charge is 0.481 e. The Hall–Kier alpha value is -3.47. The lowest BCUT2D eigenvalue weighted by Gasteiger charge is -2.51. The van der Waals surface area contributed by atoms with Crippen LogP contribution in [0.25, 0.3) is 0 Å². The minimum absolute atomic E-state index is 0.0917. The Kier molecular flexibility index (Phi) is 8.65. The average molecular weight is 509 g/mol. The molecule has 4 rings (SSSR count). The van der Waals surface area contributed by atoms with Crippen LogP contribution in [0.5, 0.6) is 5.75 Å². The maximum Gasteiger partial charge on any atom is 0.164 e. The van der Waals surface area contributed by atoms with E-state index in [9.17, 15) is 5.11 Å². The third-order valence-corrected chi connectivity index (χ3v) is 7.82. The van der Waals surface area contributed by atoms with E-state index in [0.29, 0.717) is 6.42 Å². The lowest BCUT2D eigenvalue weighted by molar-refractivity contribution is -0.142. The molecule has 0 saturated carbocycles. The van der Waals surface area contributed by atoms with Crippen LogP contribution in [0, 0.1) is 0 Å². The second kappa shape index (κ2) is 11.9. The van der Waals surface area contributed by atoms with Crippen molar-refractivity contribution in [1.82, 2.24) is 5.32 Å². The van der Waals surface area contributed by atoms with E-state index in [1.165, 1.54) is 0 Å². The molecule has 3 unspecified atom stereocenters. The van der Waals surface area contributed by atoms with Crippen LogP contribution in [0.2, 0.25) is 0 Å². The van der Waals surface area contributed by atoms with Crippen molar-refractivity contribution in [3.8, 4) is 5.75 Å². The van der Waals surface area contributed by atoms with E-state index in [0.717, 1.165) is 35.3 Å². The fourth-order valence-corrected chi connectivity index (χ4v) is 5.47. The Bertz CT molecular complexity index is 1200. The van der Waals surface area contributed by atoms with Crippen molar-refractivity contribution in [2.24, 2.45) is 4.99 Å². The topological polar surface area (TPSA) is 53.9 Å². The first-order valence-corrected chi connectivity index (χ1v) is 13.5. The molecule has 1 aliphatic heterocycles. The maximum absolute atomic E-state index is 12.4. The summed E-state index contributed by atoms with van der Waals surface area (Å²) in [6.07, 6.45) is 10.1. The molecule has 38 heavy (non-hydrogen) atoms. The molecule has 0 spiro atoms. The molecule has 0 saturated heterocycles. The number of hydrogen-bond acceptors (Lipinski definition) is 4. The number of nitrogens with zero attached hydrogens (tertiary/aromatic N) is 1. The van der Waals surface area contributed by atoms with Gasteiger partial charge in [0.1, 0.15) is 16.9 Å². The number of hydrogen-bond donors (Lipinski definition) is 2. The van der Waals surface area contributed by atoms with Gasteiger partial charge in [-0.15, -0.1) is 6.58 Å². The summed E-state index contributed by atoms with van der Waals surface area (Å²) in [4.78, 5) is 4.94. The summed E-state index contributed by atoms with van der Waals surface area (Å²) in [6.45, 7) is 10.2. The number of rotatable bonds is 13. The Morgan fingerprint density at radius 1 is 0.974 bits per heavy atom.